The average Bonchev–Trinajstić information content (AvgIpc) is 2.84. The SMILES string of the molecule is CCCCCC[C@@H]([C@@H](C)O)n1cnc2c(N)cccc21. The van der Waals surface area contributed by atoms with E-state index in [0.717, 1.165) is 23.9 Å². The van der Waals surface area contributed by atoms with Crippen LogP contribution in [0.5, 0.6) is 0 Å². The predicted molar refractivity (Wildman–Crippen MR) is 83.6 cm³/mol. The monoisotopic (exact) mass is 275 g/mol. The van der Waals surface area contributed by atoms with E-state index in [1.165, 1.54) is 19.3 Å². The molecule has 1 aromatic heterocycles. The first-order valence-electron chi connectivity index (χ1n) is 7.54. The number of imidazole rings is 1. The quantitative estimate of drug-likeness (QED) is 0.600. The van der Waals surface area contributed by atoms with Crippen LogP contribution < -0.4 is 5.73 Å². The number of anilines is 1. The summed E-state index contributed by atoms with van der Waals surface area (Å²) in [5, 5.41) is 10.1. The number of hydrogen-bond donors (Lipinski definition) is 2. The van der Waals surface area contributed by atoms with Crippen molar-refractivity contribution in [1.29, 1.82) is 0 Å². The Bertz CT molecular complexity index is 548. The van der Waals surface area contributed by atoms with Gasteiger partial charge in [0.1, 0.15) is 5.52 Å². The highest BCUT2D eigenvalue weighted by Gasteiger charge is 2.19. The lowest BCUT2D eigenvalue weighted by Gasteiger charge is -2.22. The summed E-state index contributed by atoms with van der Waals surface area (Å²) in [5.41, 5.74) is 8.47. The lowest BCUT2D eigenvalue weighted by molar-refractivity contribution is 0.125. The fourth-order valence-electron chi connectivity index (χ4n) is 2.74. The lowest BCUT2D eigenvalue weighted by atomic mass is 10.0. The summed E-state index contributed by atoms with van der Waals surface area (Å²) in [7, 11) is 0. The van der Waals surface area contributed by atoms with Gasteiger partial charge in [-0.2, -0.15) is 0 Å². The Morgan fingerprint density at radius 2 is 2.10 bits per heavy atom. The first-order chi connectivity index (χ1) is 9.65. The Balaban J connectivity index is 2.21. The summed E-state index contributed by atoms with van der Waals surface area (Å²) in [4.78, 5) is 4.39. The van der Waals surface area contributed by atoms with Gasteiger partial charge in [-0.25, -0.2) is 4.98 Å². The van der Waals surface area contributed by atoms with Crippen LogP contribution in [0, 0.1) is 0 Å². The number of aromatic nitrogens is 2. The first-order valence-corrected chi connectivity index (χ1v) is 7.54. The molecule has 4 heteroatoms. The second-order valence-corrected chi connectivity index (χ2v) is 5.52. The summed E-state index contributed by atoms with van der Waals surface area (Å²) >= 11 is 0. The second-order valence-electron chi connectivity index (χ2n) is 5.52. The topological polar surface area (TPSA) is 64.1 Å². The molecule has 0 spiro atoms. The molecule has 0 aliphatic heterocycles. The van der Waals surface area contributed by atoms with Crippen LogP contribution in [0.3, 0.4) is 0 Å². The third kappa shape index (κ3) is 3.12. The first kappa shape index (κ1) is 14.9. The number of nitrogens with zero attached hydrogens (tertiary/aromatic N) is 2. The van der Waals surface area contributed by atoms with Crippen molar-refractivity contribution < 1.29 is 5.11 Å². The summed E-state index contributed by atoms with van der Waals surface area (Å²) in [5.74, 6) is 0. The van der Waals surface area contributed by atoms with Crippen molar-refractivity contribution >= 4 is 16.7 Å². The van der Waals surface area contributed by atoms with E-state index in [0.29, 0.717) is 5.69 Å². The van der Waals surface area contributed by atoms with Gasteiger partial charge in [0.15, 0.2) is 0 Å². The molecule has 0 fully saturated rings. The summed E-state index contributed by atoms with van der Waals surface area (Å²) < 4.78 is 2.07. The second kappa shape index (κ2) is 6.75. The molecule has 0 bridgehead atoms. The van der Waals surface area contributed by atoms with Crippen molar-refractivity contribution in [2.24, 2.45) is 0 Å². The molecule has 0 saturated heterocycles. The summed E-state index contributed by atoms with van der Waals surface area (Å²) in [6.45, 7) is 4.06. The van der Waals surface area contributed by atoms with Crippen LogP contribution in [0.25, 0.3) is 11.0 Å². The summed E-state index contributed by atoms with van der Waals surface area (Å²) in [6, 6.07) is 5.88. The maximum absolute atomic E-state index is 10.1. The molecule has 0 aliphatic rings. The zero-order chi connectivity index (χ0) is 14.5. The number of fused-ring (bicyclic) bond motifs is 1. The van der Waals surface area contributed by atoms with Crippen LogP contribution in [0.15, 0.2) is 24.5 Å². The number of hydrogen-bond acceptors (Lipinski definition) is 3. The number of para-hydroxylation sites is 1. The fraction of sp³-hybridized carbons (Fsp3) is 0.562. The Morgan fingerprint density at radius 1 is 1.30 bits per heavy atom. The van der Waals surface area contributed by atoms with E-state index in [4.69, 9.17) is 5.73 Å². The Hall–Kier alpha value is -1.55. The number of aliphatic hydroxyl groups excluding tert-OH is 1. The van der Waals surface area contributed by atoms with E-state index >= 15 is 0 Å². The molecule has 2 rings (SSSR count). The van der Waals surface area contributed by atoms with Crippen LogP contribution in [-0.4, -0.2) is 20.8 Å². The van der Waals surface area contributed by atoms with Crippen LogP contribution in [-0.2, 0) is 0 Å². The van der Waals surface area contributed by atoms with Gasteiger partial charge in [-0.1, -0.05) is 38.7 Å². The Kier molecular flexibility index (Phi) is 5.01. The normalized spacial score (nSPS) is 14.6. The van der Waals surface area contributed by atoms with Gasteiger partial charge in [-0.05, 0) is 25.5 Å². The van der Waals surface area contributed by atoms with Crippen LogP contribution >= 0.6 is 0 Å². The number of rotatable bonds is 7. The van der Waals surface area contributed by atoms with Crippen molar-refractivity contribution in [1.82, 2.24) is 9.55 Å². The molecule has 0 amide bonds. The molecule has 0 aliphatic carbocycles. The highest BCUT2D eigenvalue weighted by atomic mass is 16.3. The minimum atomic E-state index is -0.393. The van der Waals surface area contributed by atoms with Gasteiger partial charge in [0.2, 0.25) is 0 Å². The van der Waals surface area contributed by atoms with Crippen molar-refractivity contribution in [3.05, 3.63) is 24.5 Å². The zero-order valence-corrected chi connectivity index (χ0v) is 12.4. The van der Waals surface area contributed by atoms with Crippen molar-refractivity contribution in [2.75, 3.05) is 5.73 Å². The molecule has 1 heterocycles. The van der Waals surface area contributed by atoms with Gasteiger partial charge in [0.05, 0.1) is 29.7 Å². The van der Waals surface area contributed by atoms with Gasteiger partial charge in [0, 0.05) is 0 Å². The van der Waals surface area contributed by atoms with Gasteiger partial charge in [-0.15, -0.1) is 0 Å². The molecule has 0 unspecified atom stereocenters. The zero-order valence-electron chi connectivity index (χ0n) is 12.4. The highest BCUT2D eigenvalue weighted by molar-refractivity contribution is 5.87. The van der Waals surface area contributed by atoms with Gasteiger partial charge >= 0.3 is 0 Å². The van der Waals surface area contributed by atoms with E-state index in [1.807, 2.05) is 25.1 Å². The highest BCUT2D eigenvalue weighted by Crippen LogP contribution is 2.27. The maximum atomic E-state index is 10.1. The molecule has 4 nitrogen and oxygen atoms in total. The van der Waals surface area contributed by atoms with Crippen molar-refractivity contribution in [2.45, 2.75) is 58.1 Å². The standard InChI is InChI=1S/C16H25N3O/c1-3-4-5-6-9-14(12(2)20)19-11-18-16-13(17)8-7-10-15(16)19/h7-8,10-12,14,20H,3-6,9,17H2,1-2H3/t12-,14+/m1/s1. The van der Waals surface area contributed by atoms with Gasteiger partial charge < -0.3 is 15.4 Å². The predicted octanol–water partition coefficient (Wildman–Crippen LogP) is 3.51. The lowest BCUT2D eigenvalue weighted by Crippen LogP contribution is -2.20. The Labute approximate surface area is 120 Å². The molecule has 3 N–H and O–H groups in total. The molecule has 1 aromatic carbocycles. The van der Waals surface area contributed by atoms with Crippen LogP contribution in [0.4, 0.5) is 5.69 Å². The minimum absolute atomic E-state index is 0.0682. The van der Waals surface area contributed by atoms with E-state index in [2.05, 4.69) is 16.5 Å². The maximum Gasteiger partial charge on any atom is 0.111 e. The molecular formula is C16H25N3O. The number of nitrogen functional groups attached to an aromatic ring is 1. The fourth-order valence-corrected chi connectivity index (χ4v) is 2.74. The number of aliphatic hydroxyl groups is 1. The van der Waals surface area contributed by atoms with Crippen LogP contribution in [0.1, 0.15) is 52.0 Å². The molecule has 2 atom stereocenters. The minimum Gasteiger partial charge on any atom is -0.397 e. The van der Waals surface area contributed by atoms with E-state index in [-0.39, 0.29) is 6.04 Å². The van der Waals surface area contributed by atoms with Crippen molar-refractivity contribution in [3.63, 3.8) is 0 Å². The molecule has 110 valence electrons. The average molecular weight is 275 g/mol. The molecule has 2 aromatic rings. The van der Waals surface area contributed by atoms with Gasteiger partial charge in [0.25, 0.3) is 0 Å². The van der Waals surface area contributed by atoms with Crippen molar-refractivity contribution in [3.8, 4) is 0 Å². The third-order valence-electron chi connectivity index (χ3n) is 3.90. The number of nitrogens with two attached hydrogens (primary N) is 1. The molecule has 0 radical (unpaired) electrons. The molecule has 20 heavy (non-hydrogen) atoms. The number of benzene rings is 1. The number of unbranched alkanes of at least 4 members (excludes halogenated alkanes) is 3. The molecular weight excluding hydrogens is 250 g/mol. The van der Waals surface area contributed by atoms with E-state index < -0.39 is 6.10 Å². The summed E-state index contributed by atoms with van der Waals surface area (Å²) in [6.07, 6.45) is 7.21. The van der Waals surface area contributed by atoms with E-state index in [9.17, 15) is 5.11 Å². The molecule has 0 saturated carbocycles. The third-order valence-corrected chi connectivity index (χ3v) is 3.90. The largest absolute Gasteiger partial charge is 0.397 e. The van der Waals surface area contributed by atoms with Crippen LogP contribution in [0.2, 0.25) is 0 Å². The smallest absolute Gasteiger partial charge is 0.111 e. The van der Waals surface area contributed by atoms with E-state index in [1.54, 1.807) is 6.33 Å². The Morgan fingerprint density at radius 3 is 2.80 bits per heavy atom. The van der Waals surface area contributed by atoms with Gasteiger partial charge in [-0.3, -0.25) is 0 Å².